The molecule has 1 heterocycles. The Morgan fingerprint density at radius 1 is 1.04 bits per heavy atom. The van der Waals surface area contributed by atoms with Crippen LogP contribution in [-0.2, 0) is 14.8 Å². The summed E-state index contributed by atoms with van der Waals surface area (Å²) in [7, 11) is -0.346. The molecule has 0 aromatic heterocycles. The van der Waals surface area contributed by atoms with E-state index in [1.54, 1.807) is 30.1 Å². The number of rotatable bonds is 3. The fourth-order valence-corrected chi connectivity index (χ4v) is 4.30. The molecule has 1 fully saturated rings. The first-order valence-electron chi connectivity index (χ1n) is 8.33. The van der Waals surface area contributed by atoms with Gasteiger partial charge >= 0.3 is 0 Å². The van der Waals surface area contributed by atoms with Crippen LogP contribution < -0.4 is 4.74 Å². The fourth-order valence-electron chi connectivity index (χ4n) is 2.79. The van der Waals surface area contributed by atoms with E-state index < -0.39 is 10.0 Å². The van der Waals surface area contributed by atoms with Gasteiger partial charge in [0, 0.05) is 39.2 Å². The van der Waals surface area contributed by atoms with Gasteiger partial charge in [-0.2, -0.15) is 4.31 Å². The molecule has 0 bridgehead atoms. The van der Waals surface area contributed by atoms with Crippen LogP contribution in [0.4, 0.5) is 0 Å². The van der Waals surface area contributed by atoms with Gasteiger partial charge in [0.2, 0.25) is 15.9 Å². The van der Waals surface area contributed by atoms with Crippen molar-refractivity contribution in [2.75, 3.05) is 33.8 Å². The number of carbonyl (C=O) groups excluding carboxylic acids is 1. The molecule has 134 valence electrons. The van der Waals surface area contributed by atoms with Gasteiger partial charge in [-0.05, 0) is 25.0 Å². The number of ether oxygens (including phenoxy) is 1. The fraction of sp³-hybridized carbons (Fsp3) is 0.588. The molecule has 0 radical (unpaired) electrons. The molecular weight excluding hydrogens is 328 g/mol. The summed E-state index contributed by atoms with van der Waals surface area (Å²) in [6, 6.07) is 6.46. The number of amides is 1. The van der Waals surface area contributed by atoms with Crippen LogP contribution in [0.2, 0.25) is 0 Å². The van der Waals surface area contributed by atoms with Crippen molar-refractivity contribution in [1.29, 1.82) is 0 Å². The summed E-state index contributed by atoms with van der Waals surface area (Å²) in [5.41, 5.74) is 0. The van der Waals surface area contributed by atoms with Crippen molar-refractivity contribution in [3.63, 3.8) is 0 Å². The van der Waals surface area contributed by atoms with Crippen LogP contribution in [-0.4, -0.2) is 57.3 Å². The first-order chi connectivity index (χ1) is 11.4. The molecule has 6 nitrogen and oxygen atoms in total. The SMILES string of the molecule is COc1cccc(S(=O)(=O)N2CCCCCCN(C)C(=O)CC2)c1. The number of hydrogen-bond acceptors (Lipinski definition) is 4. The quantitative estimate of drug-likeness (QED) is 0.834. The van der Waals surface area contributed by atoms with Gasteiger partial charge in [-0.1, -0.05) is 18.9 Å². The molecule has 7 heteroatoms. The molecule has 1 amide bonds. The topological polar surface area (TPSA) is 66.9 Å². The lowest BCUT2D eigenvalue weighted by Crippen LogP contribution is -2.36. The Balaban J connectivity index is 2.22. The maximum absolute atomic E-state index is 12.9. The van der Waals surface area contributed by atoms with E-state index >= 15 is 0 Å². The summed E-state index contributed by atoms with van der Waals surface area (Å²) in [5.74, 6) is 0.493. The molecular formula is C17H26N2O4S. The molecule has 0 saturated carbocycles. The zero-order valence-corrected chi connectivity index (χ0v) is 15.2. The van der Waals surface area contributed by atoms with E-state index in [1.165, 1.54) is 17.5 Å². The molecule has 0 unspecified atom stereocenters. The third-order valence-corrected chi connectivity index (χ3v) is 6.23. The second-order valence-electron chi connectivity index (χ2n) is 6.06. The van der Waals surface area contributed by atoms with E-state index in [-0.39, 0.29) is 23.8 Å². The highest BCUT2D eigenvalue weighted by molar-refractivity contribution is 7.89. The van der Waals surface area contributed by atoms with Crippen LogP contribution in [0.25, 0.3) is 0 Å². The minimum Gasteiger partial charge on any atom is -0.497 e. The maximum Gasteiger partial charge on any atom is 0.243 e. The molecule has 24 heavy (non-hydrogen) atoms. The number of nitrogens with zero attached hydrogens (tertiary/aromatic N) is 2. The summed E-state index contributed by atoms with van der Waals surface area (Å²) >= 11 is 0. The highest BCUT2D eigenvalue weighted by atomic mass is 32.2. The van der Waals surface area contributed by atoms with Gasteiger partial charge in [-0.25, -0.2) is 8.42 Å². The zero-order valence-electron chi connectivity index (χ0n) is 14.4. The molecule has 2 rings (SSSR count). The molecule has 1 aliphatic heterocycles. The minimum absolute atomic E-state index is 0.0113. The van der Waals surface area contributed by atoms with Crippen molar-refractivity contribution in [3.8, 4) is 5.75 Å². The Hall–Kier alpha value is -1.60. The molecule has 1 aromatic rings. The molecule has 1 saturated heterocycles. The van der Waals surface area contributed by atoms with E-state index in [9.17, 15) is 13.2 Å². The summed E-state index contributed by atoms with van der Waals surface area (Å²) in [4.78, 5) is 14.0. The molecule has 0 spiro atoms. The second-order valence-corrected chi connectivity index (χ2v) is 8.00. The van der Waals surface area contributed by atoms with E-state index in [0.29, 0.717) is 12.3 Å². The maximum atomic E-state index is 12.9. The second kappa shape index (κ2) is 8.48. The Labute approximate surface area is 144 Å². The Bertz CT molecular complexity index is 660. The average Bonchev–Trinajstić information content (AvgIpc) is 2.62. The van der Waals surface area contributed by atoms with Gasteiger partial charge in [0.25, 0.3) is 0 Å². The highest BCUT2D eigenvalue weighted by Crippen LogP contribution is 2.22. The van der Waals surface area contributed by atoms with Gasteiger partial charge < -0.3 is 9.64 Å². The molecule has 1 aromatic carbocycles. The summed E-state index contributed by atoms with van der Waals surface area (Å²) in [5, 5.41) is 0. The number of hydrogen-bond donors (Lipinski definition) is 0. The Morgan fingerprint density at radius 3 is 2.46 bits per heavy atom. The Kier molecular flexibility index (Phi) is 6.62. The lowest BCUT2D eigenvalue weighted by Gasteiger charge is -2.23. The lowest BCUT2D eigenvalue weighted by molar-refractivity contribution is -0.130. The van der Waals surface area contributed by atoms with Crippen LogP contribution in [0.3, 0.4) is 0 Å². The van der Waals surface area contributed by atoms with E-state index in [2.05, 4.69) is 0 Å². The highest BCUT2D eigenvalue weighted by Gasteiger charge is 2.26. The molecule has 0 aliphatic carbocycles. The normalized spacial score (nSPS) is 18.9. The predicted octanol–water partition coefficient (Wildman–Crippen LogP) is 2.11. The molecule has 0 atom stereocenters. The largest absolute Gasteiger partial charge is 0.497 e. The summed E-state index contributed by atoms with van der Waals surface area (Å²) in [6.07, 6.45) is 3.95. The standard InChI is InChI=1S/C17H26N2O4S/c1-18-11-5-3-4-6-12-19(13-10-17(18)20)24(21,22)16-9-7-8-15(14-16)23-2/h7-9,14H,3-6,10-13H2,1-2H3. The summed E-state index contributed by atoms with van der Waals surface area (Å²) in [6.45, 7) is 1.39. The van der Waals surface area contributed by atoms with Crippen molar-refractivity contribution in [1.82, 2.24) is 9.21 Å². The first kappa shape index (κ1) is 18.7. The predicted molar refractivity (Wildman–Crippen MR) is 92.5 cm³/mol. The van der Waals surface area contributed by atoms with Crippen molar-refractivity contribution in [2.24, 2.45) is 0 Å². The van der Waals surface area contributed by atoms with E-state index in [0.717, 1.165) is 32.2 Å². The van der Waals surface area contributed by atoms with Crippen LogP contribution in [0.1, 0.15) is 32.1 Å². The number of carbonyl (C=O) groups is 1. The first-order valence-corrected chi connectivity index (χ1v) is 9.77. The average molecular weight is 354 g/mol. The van der Waals surface area contributed by atoms with Crippen LogP contribution in [0, 0.1) is 0 Å². The number of methoxy groups -OCH3 is 1. The van der Waals surface area contributed by atoms with Gasteiger partial charge in [0.05, 0.1) is 12.0 Å². The van der Waals surface area contributed by atoms with Crippen molar-refractivity contribution in [3.05, 3.63) is 24.3 Å². The van der Waals surface area contributed by atoms with Gasteiger partial charge in [0.15, 0.2) is 0 Å². The zero-order chi connectivity index (χ0) is 17.6. The smallest absolute Gasteiger partial charge is 0.243 e. The Morgan fingerprint density at radius 2 is 1.75 bits per heavy atom. The van der Waals surface area contributed by atoms with E-state index in [4.69, 9.17) is 4.74 Å². The van der Waals surface area contributed by atoms with Crippen molar-refractivity contribution in [2.45, 2.75) is 37.0 Å². The molecule has 1 aliphatic rings. The van der Waals surface area contributed by atoms with Crippen LogP contribution in [0.5, 0.6) is 5.75 Å². The minimum atomic E-state index is -3.63. The number of sulfonamides is 1. The van der Waals surface area contributed by atoms with Crippen LogP contribution >= 0.6 is 0 Å². The number of benzene rings is 1. The van der Waals surface area contributed by atoms with E-state index in [1.807, 2.05) is 0 Å². The van der Waals surface area contributed by atoms with Crippen LogP contribution in [0.15, 0.2) is 29.2 Å². The summed E-state index contributed by atoms with van der Waals surface area (Å²) < 4.78 is 32.4. The monoisotopic (exact) mass is 354 g/mol. The van der Waals surface area contributed by atoms with Gasteiger partial charge in [-0.3, -0.25) is 4.79 Å². The van der Waals surface area contributed by atoms with Crippen molar-refractivity contribution >= 4 is 15.9 Å². The van der Waals surface area contributed by atoms with Gasteiger partial charge in [-0.15, -0.1) is 0 Å². The lowest BCUT2D eigenvalue weighted by atomic mass is 10.2. The van der Waals surface area contributed by atoms with Gasteiger partial charge in [0.1, 0.15) is 5.75 Å². The molecule has 0 N–H and O–H groups in total. The third-order valence-electron chi connectivity index (χ3n) is 4.33. The van der Waals surface area contributed by atoms with Crippen molar-refractivity contribution < 1.29 is 17.9 Å². The third kappa shape index (κ3) is 4.70.